The number of carboxylic acids is 1. The number of benzene rings is 2. The van der Waals surface area contributed by atoms with Crippen LogP contribution in [0.25, 0.3) is 22.1 Å². The molecule has 0 aliphatic rings. The Morgan fingerprint density at radius 1 is 1.30 bits per heavy atom. The molecule has 0 saturated carbocycles. The average molecular weight is 445 g/mol. The van der Waals surface area contributed by atoms with Gasteiger partial charge in [0.2, 0.25) is 0 Å². The van der Waals surface area contributed by atoms with E-state index in [4.69, 9.17) is 32.4 Å². The van der Waals surface area contributed by atoms with Gasteiger partial charge in [-0.1, -0.05) is 29.3 Å². The number of aromatic nitrogens is 2. The van der Waals surface area contributed by atoms with E-state index in [1.165, 1.54) is 6.26 Å². The van der Waals surface area contributed by atoms with Crippen LogP contribution in [0.5, 0.6) is 5.75 Å². The van der Waals surface area contributed by atoms with Crippen LogP contribution in [0.3, 0.4) is 0 Å². The second-order valence-corrected chi connectivity index (χ2v) is 7.87. The summed E-state index contributed by atoms with van der Waals surface area (Å²) in [5, 5.41) is 15.4. The Hall–Kier alpha value is -2.96. The van der Waals surface area contributed by atoms with Gasteiger partial charge in [0.15, 0.2) is 0 Å². The topological polar surface area (TPSA) is 77.5 Å². The molecule has 4 aromatic rings. The van der Waals surface area contributed by atoms with Crippen molar-refractivity contribution in [3.63, 3.8) is 0 Å². The summed E-state index contributed by atoms with van der Waals surface area (Å²) in [7, 11) is 1.83. The van der Waals surface area contributed by atoms with E-state index in [-0.39, 0.29) is 6.61 Å². The first kappa shape index (κ1) is 20.3. The van der Waals surface area contributed by atoms with Crippen molar-refractivity contribution in [1.29, 1.82) is 0 Å². The van der Waals surface area contributed by atoms with Gasteiger partial charge in [-0.2, -0.15) is 5.10 Å². The number of aryl methyl sites for hydroxylation is 1. The zero-order chi connectivity index (χ0) is 21.4. The fourth-order valence-corrected chi connectivity index (χ4v) is 3.71. The van der Waals surface area contributed by atoms with Crippen molar-refractivity contribution in [2.45, 2.75) is 19.4 Å². The van der Waals surface area contributed by atoms with Crippen LogP contribution in [0.2, 0.25) is 10.0 Å². The molecule has 0 radical (unpaired) electrons. The molecule has 0 saturated heterocycles. The number of hydrogen-bond donors (Lipinski definition) is 1. The maximum absolute atomic E-state index is 11.5. The second kappa shape index (κ2) is 8.05. The fourth-order valence-electron chi connectivity index (χ4n) is 3.24. The molecule has 2 heterocycles. The van der Waals surface area contributed by atoms with Crippen LogP contribution in [0.4, 0.5) is 0 Å². The van der Waals surface area contributed by atoms with Gasteiger partial charge in [-0.05, 0) is 25.1 Å². The summed E-state index contributed by atoms with van der Waals surface area (Å²) >= 11 is 12.2. The first-order valence-corrected chi connectivity index (χ1v) is 9.92. The van der Waals surface area contributed by atoms with Crippen molar-refractivity contribution in [3.05, 3.63) is 70.2 Å². The number of carbonyl (C=O) groups is 1. The van der Waals surface area contributed by atoms with Gasteiger partial charge in [-0.15, -0.1) is 0 Å². The number of nitrogens with zero attached hydrogens (tertiary/aromatic N) is 2. The van der Waals surface area contributed by atoms with E-state index in [2.05, 4.69) is 5.10 Å². The summed E-state index contributed by atoms with van der Waals surface area (Å²) in [5.74, 6) is -1.05. The molecule has 30 heavy (non-hydrogen) atoms. The van der Waals surface area contributed by atoms with Crippen molar-refractivity contribution in [2.24, 2.45) is 7.05 Å². The van der Waals surface area contributed by atoms with E-state index in [0.717, 1.165) is 22.1 Å². The third-order valence-corrected chi connectivity index (χ3v) is 5.54. The molecular formula is C22H18Cl2N2O4. The van der Waals surface area contributed by atoms with Gasteiger partial charge in [-0.25, -0.2) is 0 Å². The van der Waals surface area contributed by atoms with Gasteiger partial charge < -0.3 is 14.3 Å². The van der Waals surface area contributed by atoms with Crippen LogP contribution in [0.15, 0.2) is 53.4 Å². The number of hydrogen-bond acceptors (Lipinski definition) is 4. The van der Waals surface area contributed by atoms with Crippen LogP contribution >= 0.6 is 23.2 Å². The molecule has 1 N–H and O–H groups in total. The third kappa shape index (κ3) is 3.88. The van der Waals surface area contributed by atoms with Gasteiger partial charge >= 0.3 is 5.97 Å². The number of fused-ring (bicyclic) bond motifs is 1. The quantitative estimate of drug-likeness (QED) is 0.400. The summed E-state index contributed by atoms with van der Waals surface area (Å²) in [6.45, 7) is 1.86. The highest BCUT2D eigenvalue weighted by molar-refractivity contribution is 6.35. The Bertz CT molecular complexity index is 1250. The number of ether oxygens (including phenoxy) is 1. The first-order valence-electron chi connectivity index (χ1n) is 9.17. The molecule has 0 aliphatic heterocycles. The monoisotopic (exact) mass is 444 g/mol. The predicted molar refractivity (Wildman–Crippen MR) is 115 cm³/mol. The van der Waals surface area contributed by atoms with Crippen molar-refractivity contribution in [3.8, 4) is 16.9 Å². The van der Waals surface area contributed by atoms with Gasteiger partial charge in [0.05, 0.1) is 18.4 Å². The summed E-state index contributed by atoms with van der Waals surface area (Å²) in [4.78, 5) is 11.5. The molecule has 8 heteroatoms. The molecule has 0 amide bonds. The summed E-state index contributed by atoms with van der Waals surface area (Å²) < 4.78 is 13.4. The van der Waals surface area contributed by atoms with E-state index in [1.54, 1.807) is 36.0 Å². The maximum Gasteiger partial charge on any atom is 0.310 e. The van der Waals surface area contributed by atoms with Gasteiger partial charge in [-0.3, -0.25) is 9.48 Å². The predicted octanol–water partition coefficient (Wildman–Crippen LogP) is 5.91. The highest BCUT2D eigenvalue weighted by Crippen LogP contribution is 2.38. The van der Waals surface area contributed by atoms with Gasteiger partial charge in [0, 0.05) is 57.0 Å². The number of halogens is 2. The van der Waals surface area contributed by atoms with Gasteiger partial charge in [0.25, 0.3) is 0 Å². The van der Waals surface area contributed by atoms with Crippen molar-refractivity contribution in [1.82, 2.24) is 9.78 Å². The van der Waals surface area contributed by atoms with E-state index in [9.17, 15) is 9.90 Å². The molecule has 154 valence electrons. The summed E-state index contributed by atoms with van der Waals surface area (Å²) in [5.41, 5.74) is 3.56. The van der Waals surface area contributed by atoms with E-state index in [0.29, 0.717) is 26.9 Å². The highest BCUT2D eigenvalue weighted by atomic mass is 35.5. The zero-order valence-electron chi connectivity index (χ0n) is 16.2. The third-order valence-electron chi connectivity index (χ3n) is 4.96. The Balaban J connectivity index is 1.78. The Labute approximate surface area is 182 Å². The minimum Gasteiger partial charge on any atom is -0.488 e. The molecule has 0 aliphatic carbocycles. The fraction of sp³-hybridized carbons (Fsp3) is 0.182. The number of rotatable bonds is 6. The van der Waals surface area contributed by atoms with Crippen molar-refractivity contribution < 1.29 is 19.1 Å². The lowest BCUT2D eigenvalue weighted by molar-refractivity contribution is -0.138. The van der Waals surface area contributed by atoms with Crippen LogP contribution in [0.1, 0.15) is 24.0 Å². The first-order chi connectivity index (χ1) is 14.3. The molecule has 0 fully saturated rings. The Kier molecular flexibility index (Phi) is 5.45. The Morgan fingerprint density at radius 2 is 2.10 bits per heavy atom. The van der Waals surface area contributed by atoms with Crippen LogP contribution in [-0.2, 0) is 18.4 Å². The number of aliphatic carboxylic acids is 1. The zero-order valence-corrected chi connectivity index (χ0v) is 17.7. The molecular weight excluding hydrogens is 427 g/mol. The van der Waals surface area contributed by atoms with Gasteiger partial charge in [0.1, 0.15) is 17.9 Å². The molecule has 2 aromatic carbocycles. The summed E-state index contributed by atoms with van der Waals surface area (Å²) in [6.07, 6.45) is 5.07. The van der Waals surface area contributed by atoms with E-state index >= 15 is 0 Å². The normalized spacial score (nSPS) is 12.3. The molecule has 4 rings (SSSR count). The largest absolute Gasteiger partial charge is 0.488 e. The van der Waals surface area contributed by atoms with Crippen LogP contribution in [-0.4, -0.2) is 20.9 Å². The number of furan rings is 1. The molecule has 0 bridgehead atoms. The SMILES string of the molecule is CC(C(=O)O)c1coc2cc(OCc3ccc(Cl)cc3Cl)c(-c3cnn(C)c3)cc12. The molecule has 6 nitrogen and oxygen atoms in total. The van der Waals surface area contributed by atoms with Crippen LogP contribution < -0.4 is 4.74 Å². The van der Waals surface area contributed by atoms with E-state index < -0.39 is 11.9 Å². The van der Waals surface area contributed by atoms with E-state index in [1.807, 2.05) is 25.4 Å². The molecule has 1 unspecified atom stereocenters. The minimum atomic E-state index is -0.918. The lowest BCUT2D eigenvalue weighted by Gasteiger charge is -2.13. The lowest BCUT2D eigenvalue weighted by Crippen LogP contribution is -2.06. The van der Waals surface area contributed by atoms with Crippen LogP contribution in [0, 0.1) is 0 Å². The lowest BCUT2D eigenvalue weighted by atomic mass is 9.98. The average Bonchev–Trinajstić information content (AvgIpc) is 3.31. The maximum atomic E-state index is 11.5. The summed E-state index contributed by atoms with van der Waals surface area (Å²) in [6, 6.07) is 8.87. The standard InChI is InChI=1S/C22H18Cl2N2O4/c1-12(22(27)28)18-11-30-21-7-20(29-10-13-3-4-15(23)5-19(13)24)16(6-17(18)21)14-8-25-26(2)9-14/h3-9,11-12H,10H2,1-2H3,(H,27,28). The number of carboxylic acid groups (broad SMARTS) is 1. The Morgan fingerprint density at radius 3 is 2.77 bits per heavy atom. The molecule has 0 spiro atoms. The van der Waals surface area contributed by atoms with Crippen molar-refractivity contribution >= 4 is 40.1 Å². The second-order valence-electron chi connectivity index (χ2n) is 7.02. The smallest absolute Gasteiger partial charge is 0.310 e. The minimum absolute atomic E-state index is 0.230. The van der Waals surface area contributed by atoms with Crippen molar-refractivity contribution in [2.75, 3.05) is 0 Å². The molecule has 1 atom stereocenters. The highest BCUT2D eigenvalue weighted by Gasteiger charge is 2.22. The molecule has 2 aromatic heterocycles.